The van der Waals surface area contributed by atoms with E-state index in [2.05, 4.69) is 24.9 Å². The number of aromatic nitrogens is 4. The zero-order valence-electron chi connectivity index (χ0n) is 16.9. The normalized spacial score (nSPS) is 12.6. The van der Waals surface area contributed by atoms with Gasteiger partial charge in [0, 0.05) is 24.2 Å². The van der Waals surface area contributed by atoms with E-state index in [-0.39, 0.29) is 28.6 Å². The second-order valence-corrected chi connectivity index (χ2v) is 7.25. The summed E-state index contributed by atoms with van der Waals surface area (Å²) in [5, 5.41) is 0. The topological polar surface area (TPSA) is 101 Å². The van der Waals surface area contributed by atoms with E-state index in [9.17, 15) is 22.8 Å². The Morgan fingerprint density at radius 1 is 1.06 bits per heavy atom. The maximum atomic E-state index is 13.2. The summed E-state index contributed by atoms with van der Waals surface area (Å²) in [7, 11) is 0. The SMILES string of the molecule is CC(=NC(=O)c1cc(=O)[nH]c(-c2ncccn2)n1)c1ccc(C(C)(C)C(F)(F)F)cc1. The monoisotopic (exact) mass is 429 g/mol. The Balaban J connectivity index is 1.88. The van der Waals surface area contributed by atoms with E-state index in [1.165, 1.54) is 43.6 Å². The number of halogens is 3. The number of H-pyrrole nitrogens is 1. The van der Waals surface area contributed by atoms with Crippen molar-refractivity contribution < 1.29 is 18.0 Å². The Labute approximate surface area is 175 Å². The largest absolute Gasteiger partial charge is 0.397 e. The molecule has 2 aromatic heterocycles. The van der Waals surface area contributed by atoms with Crippen molar-refractivity contribution in [2.75, 3.05) is 0 Å². The van der Waals surface area contributed by atoms with Gasteiger partial charge in [-0.25, -0.2) is 19.9 Å². The predicted molar refractivity (Wildman–Crippen MR) is 108 cm³/mol. The number of amides is 1. The molecule has 1 N–H and O–H groups in total. The van der Waals surface area contributed by atoms with Gasteiger partial charge >= 0.3 is 6.18 Å². The van der Waals surface area contributed by atoms with Crippen LogP contribution in [-0.2, 0) is 5.41 Å². The van der Waals surface area contributed by atoms with Crippen molar-refractivity contribution in [1.82, 2.24) is 19.9 Å². The standard InChI is InChI=1S/C21H18F3N5O2/c1-12(13-5-7-14(8-6-13)20(2,3)21(22,23)24)27-19(31)15-11-16(30)29-18(28-15)17-25-9-4-10-26-17/h4-11H,1-3H3,(H,28,29,30). The quantitative estimate of drug-likeness (QED) is 0.637. The van der Waals surface area contributed by atoms with E-state index >= 15 is 0 Å². The van der Waals surface area contributed by atoms with Crippen molar-refractivity contribution >= 4 is 11.6 Å². The molecule has 0 aliphatic rings. The fourth-order valence-corrected chi connectivity index (χ4v) is 2.66. The van der Waals surface area contributed by atoms with Crippen LogP contribution >= 0.6 is 0 Å². The van der Waals surface area contributed by atoms with E-state index in [1.54, 1.807) is 6.07 Å². The van der Waals surface area contributed by atoms with Crippen molar-refractivity contribution in [2.45, 2.75) is 32.4 Å². The molecule has 0 saturated heterocycles. The van der Waals surface area contributed by atoms with Gasteiger partial charge in [0.15, 0.2) is 11.6 Å². The molecular formula is C21H18F3N5O2. The highest BCUT2D eigenvalue weighted by Crippen LogP contribution is 2.40. The Hall–Kier alpha value is -3.69. The maximum Gasteiger partial charge on any atom is 0.397 e. The number of carbonyl (C=O) groups is 1. The lowest BCUT2D eigenvalue weighted by atomic mass is 9.83. The molecule has 0 aliphatic carbocycles. The van der Waals surface area contributed by atoms with Gasteiger partial charge in [-0.15, -0.1) is 0 Å². The summed E-state index contributed by atoms with van der Waals surface area (Å²) in [6, 6.07) is 8.21. The Bertz CT molecular complexity index is 1180. The van der Waals surface area contributed by atoms with Gasteiger partial charge in [0.05, 0.1) is 5.41 Å². The molecule has 3 rings (SSSR count). The van der Waals surface area contributed by atoms with E-state index in [0.717, 1.165) is 19.9 Å². The number of hydrogen-bond donors (Lipinski definition) is 1. The summed E-state index contributed by atoms with van der Waals surface area (Å²) in [6.45, 7) is 3.73. The van der Waals surface area contributed by atoms with Crippen molar-refractivity contribution in [3.05, 3.63) is 76.0 Å². The molecule has 1 aromatic carbocycles. The lowest BCUT2D eigenvalue weighted by molar-refractivity contribution is -0.180. The van der Waals surface area contributed by atoms with Crippen LogP contribution in [0, 0.1) is 0 Å². The van der Waals surface area contributed by atoms with E-state index < -0.39 is 23.1 Å². The van der Waals surface area contributed by atoms with Crippen LogP contribution in [0.15, 0.2) is 58.6 Å². The number of alkyl halides is 3. The highest BCUT2D eigenvalue weighted by Gasteiger charge is 2.48. The molecular weight excluding hydrogens is 411 g/mol. The van der Waals surface area contributed by atoms with Crippen LogP contribution in [-0.4, -0.2) is 37.7 Å². The van der Waals surface area contributed by atoms with Gasteiger partial charge in [-0.3, -0.25) is 9.59 Å². The van der Waals surface area contributed by atoms with Crippen molar-refractivity contribution in [3.8, 4) is 11.6 Å². The average molecular weight is 429 g/mol. The second-order valence-electron chi connectivity index (χ2n) is 7.25. The Kier molecular flexibility index (Phi) is 5.83. The second kappa shape index (κ2) is 8.21. The molecule has 7 nitrogen and oxygen atoms in total. The molecule has 0 bridgehead atoms. The van der Waals surface area contributed by atoms with Gasteiger partial charge in [-0.1, -0.05) is 24.3 Å². The summed E-state index contributed by atoms with van der Waals surface area (Å²) < 4.78 is 39.6. The molecule has 1 amide bonds. The molecule has 160 valence electrons. The van der Waals surface area contributed by atoms with Crippen molar-refractivity contribution in [1.29, 1.82) is 0 Å². The fourth-order valence-electron chi connectivity index (χ4n) is 2.66. The molecule has 3 aromatic rings. The smallest absolute Gasteiger partial charge is 0.304 e. The fraction of sp³-hybridized carbons (Fsp3) is 0.238. The van der Waals surface area contributed by atoms with E-state index in [4.69, 9.17) is 0 Å². The summed E-state index contributed by atoms with van der Waals surface area (Å²) in [5.74, 6) is -0.624. The number of hydrogen-bond acceptors (Lipinski definition) is 5. The minimum Gasteiger partial charge on any atom is -0.304 e. The van der Waals surface area contributed by atoms with Crippen LogP contribution in [0.4, 0.5) is 13.2 Å². The van der Waals surface area contributed by atoms with Crippen LogP contribution in [0.2, 0.25) is 0 Å². The Morgan fingerprint density at radius 2 is 1.68 bits per heavy atom. The van der Waals surface area contributed by atoms with Gasteiger partial charge in [-0.2, -0.15) is 13.2 Å². The van der Waals surface area contributed by atoms with Gasteiger partial charge in [-0.05, 0) is 38.0 Å². The molecule has 0 unspecified atom stereocenters. The van der Waals surface area contributed by atoms with Gasteiger partial charge in [0.2, 0.25) is 0 Å². The summed E-state index contributed by atoms with van der Waals surface area (Å²) in [5.41, 5.74) is -1.98. The lowest BCUT2D eigenvalue weighted by Crippen LogP contribution is -2.36. The third-order valence-electron chi connectivity index (χ3n) is 4.74. The number of rotatable bonds is 4. The molecule has 10 heteroatoms. The molecule has 0 aliphatic heterocycles. The number of aromatic amines is 1. The number of nitrogens with zero attached hydrogens (tertiary/aromatic N) is 4. The van der Waals surface area contributed by atoms with Crippen LogP contribution < -0.4 is 5.56 Å². The average Bonchev–Trinajstić information content (AvgIpc) is 2.73. The van der Waals surface area contributed by atoms with E-state index in [1.807, 2.05) is 0 Å². The van der Waals surface area contributed by atoms with Gasteiger partial charge in [0.1, 0.15) is 5.69 Å². The molecule has 0 fully saturated rings. The summed E-state index contributed by atoms with van der Waals surface area (Å²) in [6.07, 6.45) is -1.48. The van der Waals surface area contributed by atoms with Crippen LogP contribution in [0.25, 0.3) is 11.6 Å². The Morgan fingerprint density at radius 3 is 2.26 bits per heavy atom. The van der Waals surface area contributed by atoms with Crippen molar-refractivity contribution in [3.63, 3.8) is 0 Å². The number of carbonyl (C=O) groups excluding carboxylic acids is 1. The molecule has 0 saturated carbocycles. The molecule has 2 heterocycles. The van der Waals surface area contributed by atoms with Crippen LogP contribution in [0.1, 0.15) is 42.4 Å². The van der Waals surface area contributed by atoms with Crippen LogP contribution in [0.3, 0.4) is 0 Å². The zero-order valence-corrected chi connectivity index (χ0v) is 16.9. The highest BCUT2D eigenvalue weighted by molar-refractivity contribution is 6.08. The van der Waals surface area contributed by atoms with Gasteiger partial charge in [0.25, 0.3) is 11.5 Å². The number of nitrogens with one attached hydrogen (secondary N) is 1. The third kappa shape index (κ3) is 4.73. The minimum absolute atomic E-state index is 0.0167. The zero-order chi connectivity index (χ0) is 22.8. The first kappa shape index (κ1) is 22.0. The number of benzene rings is 1. The first-order chi connectivity index (χ1) is 14.5. The van der Waals surface area contributed by atoms with Crippen LogP contribution in [0.5, 0.6) is 0 Å². The minimum atomic E-state index is -4.40. The predicted octanol–water partition coefficient (Wildman–Crippen LogP) is 3.72. The first-order valence-corrected chi connectivity index (χ1v) is 9.15. The van der Waals surface area contributed by atoms with Crippen molar-refractivity contribution in [2.24, 2.45) is 4.99 Å². The third-order valence-corrected chi connectivity index (χ3v) is 4.74. The first-order valence-electron chi connectivity index (χ1n) is 9.15. The van der Waals surface area contributed by atoms with Gasteiger partial charge < -0.3 is 4.98 Å². The highest BCUT2D eigenvalue weighted by atomic mass is 19.4. The van der Waals surface area contributed by atoms with E-state index in [0.29, 0.717) is 5.56 Å². The molecule has 0 spiro atoms. The number of aliphatic imine (C=N–C) groups is 1. The molecule has 0 radical (unpaired) electrons. The molecule has 0 atom stereocenters. The maximum absolute atomic E-state index is 13.2. The lowest BCUT2D eigenvalue weighted by Gasteiger charge is -2.28. The summed E-state index contributed by atoms with van der Waals surface area (Å²) >= 11 is 0. The summed E-state index contributed by atoms with van der Waals surface area (Å²) in [4.78, 5) is 42.8. The molecule has 31 heavy (non-hydrogen) atoms.